The summed E-state index contributed by atoms with van der Waals surface area (Å²) in [6.45, 7) is 9.24. The summed E-state index contributed by atoms with van der Waals surface area (Å²) in [4.78, 5) is 37.1. The fourth-order valence-corrected chi connectivity index (χ4v) is 2.85. The van der Waals surface area contributed by atoms with Gasteiger partial charge in [0, 0.05) is 25.4 Å². The number of benzene rings is 1. The fraction of sp³-hybridized carbons (Fsp3) is 0.421. The molecule has 0 radical (unpaired) electrons. The molecule has 4 N–H and O–H groups in total. The number of aryl methyl sites for hydroxylation is 1. The molecule has 1 aromatic heterocycles. The van der Waals surface area contributed by atoms with E-state index in [0.29, 0.717) is 11.0 Å². The summed E-state index contributed by atoms with van der Waals surface area (Å²) in [5, 5.41) is 12.1. The maximum Gasteiger partial charge on any atom is 0.337 e. The number of aliphatic hydroxyl groups is 1. The number of imidazole rings is 1. The first-order valence-electron chi connectivity index (χ1n) is 8.68. The number of primary amides is 1. The number of fused-ring (bicyclic) bond motifs is 1. The Kier molecular flexibility index (Phi) is 5.78. The molecule has 0 spiro atoms. The Morgan fingerprint density at radius 1 is 1.26 bits per heavy atom. The van der Waals surface area contributed by atoms with E-state index in [0.717, 1.165) is 4.57 Å². The zero-order chi connectivity index (χ0) is 20.4. The van der Waals surface area contributed by atoms with Gasteiger partial charge in [-0.2, -0.15) is 0 Å². The van der Waals surface area contributed by atoms with Gasteiger partial charge in [0.05, 0.1) is 16.8 Å². The number of carbonyl (C=O) groups is 2. The van der Waals surface area contributed by atoms with Crippen LogP contribution in [0.15, 0.2) is 41.4 Å². The van der Waals surface area contributed by atoms with Crippen molar-refractivity contribution in [1.29, 1.82) is 0 Å². The number of aromatic nitrogens is 2. The van der Waals surface area contributed by atoms with Crippen LogP contribution in [-0.2, 0) is 11.3 Å². The standard InChI is InChI=1S/C19H26N4O4/c1-12(24)9-10-22-13-7-5-6-8-14(13)23(18(22)27)17(26)21-15(11-16(20)25)19(2,3)4/h5-8,15,24H,1,9-11H2,2-4H3,(H2,20,25)(H,21,26)/t15-/m1/s1. The van der Waals surface area contributed by atoms with E-state index in [9.17, 15) is 19.5 Å². The van der Waals surface area contributed by atoms with Crippen molar-refractivity contribution >= 4 is 23.0 Å². The third kappa shape index (κ3) is 4.58. The quantitative estimate of drug-likeness (QED) is 0.671. The van der Waals surface area contributed by atoms with Crippen molar-refractivity contribution in [3.63, 3.8) is 0 Å². The first-order chi connectivity index (χ1) is 12.5. The average molecular weight is 374 g/mol. The van der Waals surface area contributed by atoms with Crippen LogP contribution in [0.4, 0.5) is 4.79 Å². The maximum atomic E-state index is 12.9. The lowest BCUT2D eigenvalue weighted by atomic mass is 9.84. The van der Waals surface area contributed by atoms with Crippen LogP contribution in [0.5, 0.6) is 0 Å². The average Bonchev–Trinajstić information content (AvgIpc) is 2.82. The highest BCUT2D eigenvalue weighted by Crippen LogP contribution is 2.22. The zero-order valence-corrected chi connectivity index (χ0v) is 15.9. The number of carbonyl (C=O) groups excluding carboxylic acids is 2. The zero-order valence-electron chi connectivity index (χ0n) is 15.9. The second kappa shape index (κ2) is 7.69. The van der Waals surface area contributed by atoms with Crippen molar-refractivity contribution in [2.75, 3.05) is 0 Å². The van der Waals surface area contributed by atoms with E-state index >= 15 is 0 Å². The minimum absolute atomic E-state index is 0.0348. The first-order valence-corrected chi connectivity index (χ1v) is 8.68. The molecule has 8 nitrogen and oxygen atoms in total. The lowest BCUT2D eigenvalue weighted by molar-refractivity contribution is -0.119. The molecule has 0 fully saturated rings. The van der Waals surface area contributed by atoms with Crippen LogP contribution >= 0.6 is 0 Å². The van der Waals surface area contributed by atoms with Crippen LogP contribution in [0.3, 0.4) is 0 Å². The Bertz CT molecular complexity index is 933. The summed E-state index contributed by atoms with van der Waals surface area (Å²) < 4.78 is 2.45. The van der Waals surface area contributed by atoms with Crippen molar-refractivity contribution in [2.24, 2.45) is 11.1 Å². The molecule has 146 valence electrons. The number of nitrogens with two attached hydrogens (primary N) is 1. The molecule has 8 heteroatoms. The summed E-state index contributed by atoms with van der Waals surface area (Å²) in [5.41, 5.74) is 5.36. The number of rotatable bonds is 6. The normalized spacial score (nSPS) is 12.7. The van der Waals surface area contributed by atoms with Gasteiger partial charge in [0.1, 0.15) is 0 Å². The predicted octanol–water partition coefficient (Wildman–Crippen LogP) is 2.11. The van der Waals surface area contributed by atoms with E-state index in [1.807, 2.05) is 20.8 Å². The van der Waals surface area contributed by atoms with Gasteiger partial charge in [-0.25, -0.2) is 14.2 Å². The molecule has 0 saturated carbocycles. The molecular weight excluding hydrogens is 348 g/mol. The lowest BCUT2D eigenvalue weighted by Crippen LogP contribution is -2.49. The number of para-hydroxylation sites is 2. The highest BCUT2D eigenvalue weighted by Gasteiger charge is 2.29. The second-order valence-corrected chi connectivity index (χ2v) is 7.61. The van der Waals surface area contributed by atoms with Gasteiger partial charge in [0.15, 0.2) is 0 Å². The molecule has 0 aliphatic rings. The van der Waals surface area contributed by atoms with Gasteiger partial charge >= 0.3 is 11.7 Å². The van der Waals surface area contributed by atoms with Crippen molar-refractivity contribution in [2.45, 2.75) is 46.2 Å². The summed E-state index contributed by atoms with van der Waals surface area (Å²) >= 11 is 0. The number of nitrogens with one attached hydrogen (secondary N) is 1. The molecule has 1 heterocycles. The Morgan fingerprint density at radius 3 is 2.37 bits per heavy atom. The Hall–Kier alpha value is -3.03. The van der Waals surface area contributed by atoms with Crippen molar-refractivity contribution in [3.8, 4) is 0 Å². The molecule has 0 unspecified atom stereocenters. The molecule has 2 amide bonds. The summed E-state index contributed by atoms with van der Waals surface area (Å²) in [6.07, 6.45) is 0.162. The van der Waals surface area contributed by atoms with Crippen molar-refractivity contribution < 1.29 is 14.7 Å². The number of hydrogen-bond acceptors (Lipinski definition) is 4. The molecule has 2 rings (SSSR count). The van der Waals surface area contributed by atoms with Gasteiger partial charge in [-0.1, -0.05) is 39.5 Å². The summed E-state index contributed by atoms with van der Waals surface area (Å²) in [7, 11) is 0. The molecular formula is C19H26N4O4. The smallest absolute Gasteiger partial charge is 0.337 e. The lowest BCUT2D eigenvalue weighted by Gasteiger charge is -2.30. The van der Waals surface area contributed by atoms with E-state index in [2.05, 4.69) is 11.9 Å². The number of nitrogens with zero attached hydrogens (tertiary/aromatic N) is 2. The molecule has 1 atom stereocenters. The van der Waals surface area contributed by atoms with E-state index in [4.69, 9.17) is 5.73 Å². The molecule has 0 aliphatic carbocycles. The Balaban J connectivity index is 2.46. The Morgan fingerprint density at radius 2 is 1.85 bits per heavy atom. The maximum absolute atomic E-state index is 12.9. The molecule has 0 bridgehead atoms. The summed E-state index contributed by atoms with van der Waals surface area (Å²) in [5.74, 6) is -0.580. The second-order valence-electron chi connectivity index (χ2n) is 7.61. The largest absolute Gasteiger partial charge is 0.513 e. The van der Waals surface area contributed by atoms with Gasteiger partial charge in [0.2, 0.25) is 5.91 Å². The Labute approximate surface area is 157 Å². The van der Waals surface area contributed by atoms with Gasteiger partial charge in [0.25, 0.3) is 0 Å². The molecule has 0 saturated heterocycles. The highest BCUT2D eigenvalue weighted by atomic mass is 16.3. The topological polar surface area (TPSA) is 119 Å². The first kappa shape index (κ1) is 20.3. The molecule has 1 aromatic carbocycles. The molecule has 0 aliphatic heterocycles. The van der Waals surface area contributed by atoms with Crippen LogP contribution in [0.25, 0.3) is 11.0 Å². The number of aliphatic hydroxyl groups excluding tert-OH is 1. The van der Waals surface area contributed by atoms with Gasteiger partial charge < -0.3 is 16.2 Å². The predicted molar refractivity (Wildman–Crippen MR) is 104 cm³/mol. The van der Waals surface area contributed by atoms with Gasteiger partial charge in [-0.3, -0.25) is 9.36 Å². The van der Waals surface area contributed by atoms with Crippen LogP contribution in [0.1, 0.15) is 33.6 Å². The monoisotopic (exact) mass is 374 g/mol. The third-order valence-corrected chi connectivity index (χ3v) is 4.41. The minimum atomic E-state index is -0.626. The van der Waals surface area contributed by atoms with E-state index in [1.165, 1.54) is 4.57 Å². The van der Waals surface area contributed by atoms with E-state index < -0.39 is 29.1 Å². The van der Waals surface area contributed by atoms with Gasteiger partial charge in [-0.15, -0.1) is 0 Å². The van der Waals surface area contributed by atoms with Crippen LogP contribution in [0.2, 0.25) is 0 Å². The summed E-state index contributed by atoms with van der Waals surface area (Å²) in [6, 6.07) is 5.73. The fourth-order valence-electron chi connectivity index (χ4n) is 2.85. The number of hydrogen-bond donors (Lipinski definition) is 3. The van der Waals surface area contributed by atoms with E-state index in [-0.39, 0.29) is 25.1 Å². The van der Waals surface area contributed by atoms with Crippen LogP contribution in [-0.4, -0.2) is 32.2 Å². The molecule has 27 heavy (non-hydrogen) atoms. The SMILES string of the molecule is C=C(O)CCn1c(=O)n(C(=O)N[C@H](CC(N)=O)C(C)(C)C)c2ccccc21. The van der Waals surface area contributed by atoms with Crippen LogP contribution < -0.4 is 16.7 Å². The van der Waals surface area contributed by atoms with Crippen molar-refractivity contribution in [1.82, 2.24) is 14.5 Å². The van der Waals surface area contributed by atoms with Gasteiger partial charge in [-0.05, 0) is 17.5 Å². The number of allylic oxidation sites excluding steroid dienone is 1. The third-order valence-electron chi connectivity index (χ3n) is 4.41. The number of amides is 2. The van der Waals surface area contributed by atoms with Crippen molar-refractivity contribution in [3.05, 3.63) is 47.1 Å². The molecule has 2 aromatic rings. The highest BCUT2D eigenvalue weighted by molar-refractivity contribution is 5.90. The van der Waals surface area contributed by atoms with Crippen LogP contribution in [0, 0.1) is 5.41 Å². The van der Waals surface area contributed by atoms with E-state index in [1.54, 1.807) is 24.3 Å². The minimum Gasteiger partial charge on any atom is -0.513 e.